The summed E-state index contributed by atoms with van der Waals surface area (Å²) in [6.45, 7) is 0.367. The molecule has 0 spiro atoms. The molecule has 0 fully saturated rings. The number of methoxy groups -OCH3 is 1. The summed E-state index contributed by atoms with van der Waals surface area (Å²) in [6.07, 6.45) is 5.02. The lowest BCUT2D eigenvalue weighted by Crippen LogP contribution is -2.10. The Hall–Kier alpha value is -3.71. The largest absolute Gasteiger partial charge is 0.493 e. The van der Waals surface area contributed by atoms with E-state index in [1.54, 1.807) is 43.9 Å². The summed E-state index contributed by atoms with van der Waals surface area (Å²) in [6, 6.07) is 18.8. The van der Waals surface area contributed by atoms with Crippen molar-refractivity contribution in [2.75, 3.05) is 12.4 Å². The number of pyridine rings is 1. The van der Waals surface area contributed by atoms with Crippen LogP contribution < -0.4 is 14.8 Å². The van der Waals surface area contributed by atoms with Gasteiger partial charge >= 0.3 is 0 Å². The lowest BCUT2D eigenvalue weighted by atomic mass is 10.2. The van der Waals surface area contributed by atoms with Crippen LogP contribution in [-0.2, 0) is 6.61 Å². The van der Waals surface area contributed by atoms with Crippen LogP contribution in [0.2, 0.25) is 0 Å². The molecule has 2 aromatic heterocycles. The van der Waals surface area contributed by atoms with E-state index >= 15 is 0 Å². The predicted molar refractivity (Wildman–Crippen MR) is 117 cm³/mol. The van der Waals surface area contributed by atoms with Gasteiger partial charge in [0.05, 0.1) is 13.3 Å². The molecule has 2 aromatic carbocycles. The molecule has 0 aliphatic rings. The summed E-state index contributed by atoms with van der Waals surface area (Å²) >= 11 is 1.35. The number of ether oxygens (including phenoxy) is 2. The molecule has 0 atom stereocenters. The summed E-state index contributed by atoms with van der Waals surface area (Å²) in [5.41, 5.74) is 2.58. The van der Waals surface area contributed by atoms with Crippen LogP contribution in [0.4, 0.5) is 5.69 Å². The van der Waals surface area contributed by atoms with Gasteiger partial charge < -0.3 is 14.8 Å². The molecule has 0 radical (unpaired) electrons. The summed E-state index contributed by atoms with van der Waals surface area (Å²) in [5, 5.41) is 3.70. The second-order valence-corrected chi connectivity index (χ2v) is 7.39. The molecule has 0 saturated heterocycles. The van der Waals surface area contributed by atoms with Gasteiger partial charge in [0.15, 0.2) is 11.5 Å². The highest BCUT2D eigenvalue weighted by Gasteiger charge is 2.14. The molecule has 0 bridgehead atoms. The number of carbonyl (C=O) groups is 1. The minimum Gasteiger partial charge on any atom is -0.493 e. The Kier molecular flexibility index (Phi) is 6.01. The van der Waals surface area contributed by atoms with Gasteiger partial charge in [0.2, 0.25) is 0 Å². The highest BCUT2D eigenvalue weighted by molar-refractivity contribution is 7.17. The quantitative estimate of drug-likeness (QED) is 0.456. The van der Waals surface area contributed by atoms with E-state index in [0.29, 0.717) is 28.7 Å². The maximum absolute atomic E-state index is 12.7. The van der Waals surface area contributed by atoms with Crippen LogP contribution in [0, 0.1) is 0 Å². The number of hydrogen-bond donors (Lipinski definition) is 1. The van der Waals surface area contributed by atoms with Crippen molar-refractivity contribution in [2.24, 2.45) is 0 Å². The van der Waals surface area contributed by atoms with Gasteiger partial charge in [-0.1, -0.05) is 30.3 Å². The molecule has 2 heterocycles. The fraction of sp³-hybridized carbons (Fsp3) is 0.0870. The van der Waals surface area contributed by atoms with E-state index < -0.39 is 0 Å². The molecule has 150 valence electrons. The number of amides is 1. The third-order valence-corrected chi connectivity index (χ3v) is 5.36. The van der Waals surface area contributed by atoms with Crippen molar-refractivity contribution in [3.63, 3.8) is 0 Å². The first-order valence-corrected chi connectivity index (χ1v) is 10.1. The van der Waals surface area contributed by atoms with Gasteiger partial charge in [0.25, 0.3) is 5.91 Å². The van der Waals surface area contributed by atoms with Crippen LogP contribution in [0.1, 0.15) is 15.2 Å². The summed E-state index contributed by atoms with van der Waals surface area (Å²) < 4.78 is 11.3. The zero-order chi connectivity index (χ0) is 20.8. The molecule has 0 saturated carbocycles. The summed E-state index contributed by atoms with van der Waals surface area (Å²) in [7, 11) is 1.58. The zero-order valence-corrected chi connectivity index (χ0v) is 17.1. The van der Waals surface area contributed by atoms with Crippen molar-refractivity contribution in [2.45, 2.75) is 6.61 Å². The normalized spacial score (nSPS) is 10.4. The van der Waals surface area contributed by atoms with Crippen molar-refractivity contribution >= 4 is 22.9 Å². The first kappa shape index (κ1) is 19.6. The molecular formula is C23H19N3O3S. The van der Waals surface area contributed by atoms with Crippen LogP contribution in [-0.4, -0.2) is 23.0 Å². The van der Waals surface area contributed by atoms with E-state index in [-0.39, 0.29) is 5.91 Å². The Balaban J connectivity index is 1.47. The van der Waals surface area contributed by atoms with Crippen molar-refractivity contribution in [3.05, 3.63) is 89.7 Å². The standard InChI is InChI=1S/C23H19N3O3S/c1-28-19-8-7-18(13-20(19)29-15-16-9-11-24-12-10-16)26-22(27)21-14-25-23(30-21)17-5-3-2-4-6-17/h2-14H,15H2,1H3,(H,26,27). The van der Waals surface area contributed by atoms with E-state index in [0.717, 1.165) is 16.1 Å². The third-order valence-electron chi connectivity index (χ3n) is 4.32. The monoisotopic (exact) mass is 417 g/mol. The number of nitrogens with one attached hydrogen (secondary N) is 1. The predicted octanol–water partition coefficient (Wildman–Crippen LogP) is 5.05. The average molecular weight is 417 g/mol. The molecule has 4 rings (SSSR count). The molecule has 0 aliphatic heterocycles. The van der Waals surface area contributed by atoms with Gasteiger partial charge in [0, 0.05) is 29.7 Å². The Morgan fingerprint density at radius 1 is 1.03 bits per heavy atom. The lowest BCUT2D eigenvalue weighted by Gasteiger charge is -2.13. The number of nitrogens with zero attached hydrogens (tertiary/aromatic N) is 2. The molecule has 6 nitrogen and oxygen atoms in total. The van der Waals surface area contributed by atoms with Crippen LogP contribution >= 0.6 is 11.3 Å². The van der Waals surface area contributed by atoms with E-state index in [9.17, 15) is 4.79 Å². The van der Waals surface area contributed by atoms with Gasteiger partial charge in [-0.3, -0.25) is 9.78 Å². The van der Waals surface area contributed by atoms with E-state index in [1.807, 2.05) is 42.5 Å². The molecule has 1 N–H and O–H groups in total. The van der Waals surface area contributed by atoms with Gasteiger partial charge in [-0.2, -0.15) is 0 Å². The van der Waals surface area contributed by atoms with Crippen molar-refractivity contribution in [1.82, 2.24) is 9.97 Å². The second kappa shape index (κ2) is 9.19. The fourth-order valence-electron chi connectivity index (χ4n) is 2.79. The maximum atomic E-state index is 12.7. The minimum absolute atomic E-state index is 0.222. The SMILES string of the molecule is COc1ccc(NC(=O)c2cnc(-c3ccccc3)s2)cc1OCc1ccncc1. The molecule has 30 heavy (non-hydrogen) atoms. The molecule has 0 unspecified atom stereocenters. The smallest absolute Gasteiger partial charge is 0.267 e. The number of benzene rings is 2. The second-order valence-electron chi connectivity index (χ2n) is 6.36. The van der Waals surface area contributed by atoms with Crippen LogP contribution in [0.25, 0.3) is 10.6 Å². The number of aromatic nitrogens is 2. The van der Waals surface area contributed by atoms with E-state index in [1.165, 1.54) is 11.3 Å². The topological polar surface area (TPSA) is 73.3 Å². The summed E-state index contributed by atoms with van der Waals surface area (Å²) in [4.78, 5) is 21.6. The number of hydrogen-bond acceptors (Lipinski definition) is 6. The first-order valence-electron chi connectivity index (χ1n) is 9.25. The molecule has 4 aromatic rings. The van der Waals surface area contributed by atoms with E-state index in [4.69, 9.17) is 9.47 Å². The highest BCUT2D eigenvalue weighted by atomic mass is 32.1. The Morgan fingerprint density at radius 3 is 2.60 bits per heavy atom. The van der Waals surface area contributed by atoms with Gasteiger partial charge in [0.1, 0.15) is 16.5 Å². The number of rotatable bonds is 7. The Labute approximate surface area is 178 Å². The number of anilines is 1. The van der Waals surface area contributed by atoms with Crippen molar-refractivity contribution in [3.8, 4) is 22.1 Å². The number of carbonyl (C=O) groups excluding carboxylic acids is 1. The van der Waals surface area contributed by atoms with E-state index in [2.05, 4.69) is 15.3 Å². The highest BCUT2D eigenvalue weighted by Crippen LogP contribution is 2.32. The molecule has 0 aliphatic carbocycles. The molecule has 1 amide bonds. The third kappa shape index (κ3) is 4.64. The molecule has 7 heteroatoms. The Morgan fingerprint density at radius 2 is 1.83 bits per heavy atom. The maximum Gasteiger partial charge on any atom is 0.267 e. The van der Waals surface area contributed by atoms with Gasteiger partial charge in [-0.05, 0) is 29.8 Å². The van der Waals surface area contributed by atoms with Crippen LogP contribution in [0.5, 0.6) is 11.5 Å². The zero-order valence-electron chi connectivity index (χ0n) is 16.2. The number of thiazole rings is 1. The van der Waals surface area contributed by atoms with Crippen molar-refractivity contribution in [1.29, 1.82) is 0 Å². The van der Waals surface area contributed by atoms with Crippen LogP contribution in [0.3, 0.4) is 0 Å². The Bertz CT molecular complexity index is 1130. The summed E-state index contributed by atoms with van der Waals surface area (Å²) in [5.74, 6) is 0.910. The minimum atomic E-state index is -0.222. The average Bonchev–Trinajstić information content (AvgIpc) is 3.30. The van der Waals surface area contributed by atoms with Crippen LogP contribution in [0.15, 0.2) is 79.3 Å². The van der Waals surface area contributed by atoms with Crippen molar-refractivity contribution < 1.29 is 14.3 Å². The van der Waals surface area contributed by atoms with Gasteiger partial charge in [-0.15, -0.1) is 11.3 Å². The first-order chi connectivity index (χ1) is 14.7. The van der Waals surface area contributed by atoms with Gasteiger partial charge in [-0.25, -0.2) is 4.98 Å². The lowest BCUT2D eigenvalue weighted by molar-refractivity contribution is 0.103. The fourth-order valence-corrected chi connectivity index (χ4v) is 3.61. The molecular weight excluding hydrogens is 398 g/mol.